The summed E-state index contributed by atoms with van der Waals surface area (Å²) in [5, 5.41) is 1.88. The molecule has 29 heavy (non-hydrogen) atoms. The zero-order valence-corrected chi connectivity index (χ0v) is 19.6. The first-order chi connectivity index (χ1) is 13.7. The van der Waals surface area contributed by atoms with Gasteiger partial charge in [-0.15, -0.1) is 0 Å². The molecule has 0 aromatic heterocycles. The van der Waals surface area contributed by atoms with Gasteiger partial charge in [0.2, 0.25) is 0 Å². The lowest BCUT2D eigenvalue weighted by Crippen LogP contribution is -2.73. The maximum atomic E-state index is 6.86. The molecule has 5 nitrogen and oxygen atoms in total. The Hall–Kier alpha value is -1.33. The highest BCUT2D eigenvalue weighted by Crippen LogP contribution is 2.33. The van der Waals surface area contributed by atoms with E-state index in [1.165, 1.54) is 0 Å². The second kappa shape index (κ2) is 7.74. The van der Waals surface area contributed by atoms with E-state index in [-0.39, 0.29) is 10.8 Å². The van der Waals surface area contributed by atoms with Crippen LogP contribution in [0.2, 0.25) is 0 Å². The largest absolute Gasteiger partial charge is 0.530 e. The molecule has 0 spiro atoms. The molecule has 2 aliphatic rings. The molecule has 0 atom stereocenters. The SMILES string of the molecule is CC1(C)CO[Si](O[Si]2(c3ccccc3)OCC(C)(C)CO2)(c2ccccc2)OC1. The molecule has 0 amide bonds. The van der Waals surface area contributed by atoms with Gasteiger partial charge < -0.3 is 21.8 Å². The predicted molar refractivity (Wildman–Crippen MR) is 116 cm³/mol. The number of benzene rings is 2. The smallest absolute Gasteiger partial charge is 0.370 e. The minimum absolute atomic E-state index is 0.0631. The molecule has 2 aliphatic heterocycles. The Balaban J connectivity index is 1.74. The van der Waals surface area contributed by atoms with Crippen LogP contribution in [0, 0.1) is 10.8 Å². The van der Waals surface area contributed by atoms with E-state index in [4.69, 9.17) is 21.8 Å². The van der Waals surface area contributed by atoms with Gasteiger partial charge in [-0.3, -0.25) is 0 Å². The minimum Gasteiger partial charge on any atom is -0.370 e. The quantitative estimate of drug-likeness (QED) is 0.698. The summed E-state index contributed by atoms with van der Waals surface area (Å²) >= 11 is 0. The van der Waals surface area contributed by atoms with Crippen LogP contribution >= 0.6 is 0 Å². The lowest BCUT2D eigenvalue weighted by atomic mass is 9.97. The minimum atomic E-state index is -3.22. The van der Waals surface area contributed by atoms with Crippen molar-refractivity contribution in [1.82, 2.24) is 0 Å². The zero-order chi connectivity index (χ0) is 20.6. The Labute approximate surface area is 175 Å². The average Bonchev–Trinajstić information content (AvgIpc) is 2.73. The average molecular weight is 431 g/mol. The monoisotopic (exact) mass is 430 g/mol. The Morgan fingerprint density at radius 1 is 0.586 bits per heavy atom. The highest BCUT2D eigenvalue weighted by Gasteiger charge is 2.60. The molecule has 2 heterocycles. The summed E-state index contributed by atoms with van der Waals surface area (Å²) in [7, 11) is -6.45. The fourth-order valence-electron chi connectivity index (χ4n) is 3.36. The summed E-state index contributed by atoms with van der Waals surface area (Å²) in [4.78, 5) is 0. The van der Waals surface area contributed by atoms with Crippen LogP contribution in [0.4, 0.5) is 0 Å². The maximum Gasteiger partial charge on any atom is 0.530 e. The lowest BCUT2D eigenvalue weighted by molar-refractivity contribution is -0.0536. The fourth-order valence-corrected chi connectivity index (χ4v) is 11.0. The molecule has 2 saturated heterocycles. The van der Waals surface area contributed by atoms with E-state index < -0.39 is 17.6 Å². The van der Waals surface area contributed by atoms with E-state index >= 15 is 0 Å². The van der Waals surface area contributed by atoms with E-state index in [0.717, 1.165) is 10.4 Å². The van der Waals surface area contributed by atoms with E-state index in [0.29, 0.717) is 26.4 Å². The van der Waals surface area contributed by atoms with E-state index in [2.05, 4.69) is 27.7 Å². The molecular weight excluding hydrogens is 400 g/mol. The summed E-state index contributed by atoms with van der Waals surface area (Å²) in [5.74, 6) is 0. The molecule has 7 heteroatoms. The summed E-state index contributed by atoms with van der Waals surface area (Å²) in [6, 6.07) is 20.0. The standard InChI is InChI=1S/C22H30O5Si2/c1-21(2)15-23-28(24-16-21,19-11-7-5-8-12-19)27-29(20-13-9-6-10-14-20)25-17-22(3,4)18-26-29/h5-14H,15-18H2,1-4H3. The topological polar surface area (TPSA) is 46.2 Å². The van der Waals surface area contributed by atoms with Crippen molar-refractivity contribution in [1.29, 1.82) is 0 Å². The Bertz CT molecular complexity index is 736. The van der Waals surface area contributed by atoms with Gasteiger partial charge in [0.1, 0.15) is 0 Å². The Morgan fingerprint density at radius 3 is 1.21 bits per heavy atom. The van der Waals surface area contributed by atoms with Crippen LogP contribution in [0.1, 0.15) is 27.7 Å². The second-order valence-corrected chi connectivity index (χ2v) is 14.8. The van der Waals surface area contributed by atoms with Gasteiger partial charge in [0.25, 0.3) is 0 Å². The normalized spacial score (nSPS) is 24.7. The summed E-state index contributed by atoms with van der Waals surface area (Å²) in [6.07, 6.45) is 0. The van der Waals surface area contributed by atoms with Gasteiger partial charge in [0.05, 0.1) is 0 Å². The molecule has 2 aromatic carbocycles. The predicted octanol–water partition coefficient (Wildman–Crippen LogP) is 2.84. The van der Waals surface area contributed by atoms with Gasteiger partial charge in [-0.25, -0.2) is 0 Å². The first-order valence-electron chi connectivity index (χ1n) is 10.1. The van der Waals surface area contributed by atoms with Crippen molar-refractivity contribution < 1.29 is 21.8 Å². The van der Waals surface area contributed by atoms with Crippen molar-refractivity contribution in [3.8, 4) is 0 Å². The molecule has 156 valence electrons. The second-order valence-electron chi connectivity index (χ2n) is 9.43. The highest BCUT2D eigenvalue weighted by molar-refractivity contribution is 6.88. The molecule has 0 N–H and O–H groups in total. The van der Waals surface area contributed by atoms with Gasteiger partial charge in [-0.2, -0.15) is 0 Å². The van der Waals surface area contributed by atoms with Gasteiger partial charge in [-0.05, 0) is 0 Å². The molecule has 0 saturated carbocycles. The third-order valence-electron chi connectivity index (χ3n) is 5.14. The molecule has 0 bridgehead atoms. The van der Waals surface area contributed by atoms with Crippen LogP contribution in [-0.4, -0.2) is 44.0 Å². The van der Waals surface area contributed by atoms with Crippen LogP contribution in [0.15, 0.2) is 60.7 Å². The summed E-state index contributed by atoms with van der Waals surface area (Å²) in [5.41, 5.74) is -0.126. The van der Waals surface area contributed by atoms with Crippen molar-refractivity contribution in [3.05, 3.63) is 60.7 Å². The van der Waals surface area contributed by atoms with Crippen LogP contribution in [-0.2, 0) is 21.8 Å². The van der Waals surface area contributed by atoms with Gasteiger partial charge in [0, 0.05) is 47.6 Å². The first kappa shape index (κ1) is 20.9. The van der Waals surface area contributed by atoms with Crippen molar-refractivity contribution in [2.75, 3.05) is 26.4 Å². The lowest BCUT2D eigenvalue weighted by Gasteiger charge is -2.47. The maximum absolute atomic E-state index is 6.86. The van der Waals surface area contributed by atoms with E-state index in [9.17, 15) is 0 Å². The van der Waals surface area contributed by atoms with Crippen LogP contribution < -0.4 is 10.4 Å². The molecule has 2 aromatic rings. The van der Waals surface area contributed by atoms with Crippen LogP contribution in [0.3, 0.4) is 0 Å². The van der Waals surface area contributed by atoms with Crippen molar-refractivity contribution in [3.63, 3.8) is 0 Å². The molecule has 0 unspecified atom stereocenters. The molecule has 0 aliphatic carbocycles. The van der Waals surface area contributed by atoms with Gasteiger partial charge in [-0.1, -0.05) is 88.4 Å². The zero-order valence-electron chi connectivity index (χ0n) is 17.6. The third kappa shape index (κ3) is 4.41. The molecule has 0 radical (unpaired) electrons. The first-order valence-corrected chi connectivity index (χ1v) is 13.6. The van der Waals surface area contributed by atoms with Crippen LogP contribution in [0.25, 0.3) is 0 Å². The van der Waals surface area contributed by atoms with Crippen LogP contribution in [0.5, 0.6) is 0 Å². The van der Waals surface area contributed by atoms with E-state index in [1.807, 2.05) is 60.7 Å². The molecule has 2 fully saturated rings. The number of hydrogen-bond donors (Lipinski definition) is 0. The fraction of sp³-hybridized carbons (Fsp3) is 0.455. The summed E-state index contributed by atoms with van der Waals surface area (Å²) < 4.78 is 32.6. The molecule has 4 rings (SSSR count). The summed E-state index contributed by atoms with van der Waals surface area (Å²) in [6.45, 7) is 10.8. The van der Waals surface area contributed by atoms with Crippen molar-refractivity contribution in [2.24, 2.45) is 10.8 Å². The molecular formula is C22H30O5Si2. The van der Waals surface area contributed by atoms with Gasteiger partial charge in [0.15, 0.2) is 0 Å². The van der Waals surface area contributed by atoms with Gasteiger partial charge >= 0.3 is 17.6 Å². The Morgan fingerprint density at radius 2 is 0.897 bits per heavy atom. The highest BCUT2D eigenvalue weighted by atomic mass is 28.5. The number of hydrogen-bond acceptors (Lipinski definition) is 5. The third-order valence-corrected chi connectivity index (χ3v) is 11.5. The van der Waals surface area contributed by atoms with E-state index in [1.54, 1.807) is 0 Å². The van der Waals surface area contributed by atoms with Crippen molar-refractivity contribution in [2.45, 2.75) is 27.7 Å². The Kier molecular flexibility index (Phi) is 5.58. The van der Waals surface area contributed by atoms with Crippen molar-refractivity contribution >= 4 is 28.0 Å². The number of rotatable bonds is 4.